The molecule has 2 aliphatic rings. The quantitative estimate of drug-likeness (QED) is 0.616. The summed E-state index contributed by atoms with van der Waals surface area (Å²) in [6, 6.07) is 0. The van der Waals surface area contributed by atoms with E-state index < -0.39 is 0 Å². The van der Waals surface area contributed by atoms with Crippen molar-refractivity contribution in [2.24, 2.45) is 5.92 Å². The fourth-order valence-corrected chi connectivity index (χ4v) is 2.39. The summed E-state index contributed by atoms with van der Waals surface area (Å²) in [4.78, 5) is 0. The van der Waals surface area contributed by atoms with Crippen molar-refractivity contribution in [3.63, 3.8) is 0 Å². The van der Waals surface area contributed by atoms with Gasteiger partial charge in [-0.25, -0.2) is 0 Å². The Balaban J connectivity index is 1.76. The predicted octanol–water partition coefficient (Wildman–Crippen LogP) is 3.07. The second kappa shape index (κ2) is 4.55. The molecule has 2 heteroatoms. The highest BCUT2D eigenvalue weighted by molar-refractivity contribution is 5.05. The molecule has 0 N–H and O–H groups in total. The predicted molar refractivity (Wildman–Crippen MR) is 59.0 cm³/mol. The van der Waals surface area contributed by atoms with Gasteiger partial charge in [-0.2, -0.15) is 0 Å². The summed E-state index contributed by atoms with van der Waals surface area (Å²) in [5, 5.41) is 0. The lowest BCUT2D eigenvalue weighted by atomic mass is 9.84. The largest absolute Gasteiger partial charge is 0.321 e. The molecular weight excluding hydrogens is 188 g/mol. The van der Waals surface area contributed by atoms with Gasteiger partial charge in [0.15, 0.2) is 12.1 Å². The van der Waals surface area contributed by atoms with Crippen LogP contribution in [0.4, 0.5) is 0 Å². The molecule has 0 unspecified atom stereocenters. The van der Waals surface area contributed by atoms with E-state index in [1.807, 2.05) is 6.92 Å². The van der Waals surface area contributed by atoms with Gasteiger partial charge < -0.3 is 9.47 Å². The molecule has 1 aliphatic carbocycles. The Bertz CT molecular complexity index is 258. The van der Waals surface area contributed by atoms with E-state index in [2.05, 4.69) is 18.8 Å². The maximum Gasteiger partial charge on any atom is 0.174 e. The molecule has 1 saturated heterocycles. The lowest BCUT2D eigenvalue weighted by Gasteiger charge is -2.49. The molecule has 2 rings (SSSR count). The Morgan fingerprint density at radius 1 is 1.27 bits per heavy atom. The minimum Gasteiger partial charge on any atom is -0.321 e. The molecule has 0 aromatic rings. The molecule has 0 aromatic heterocycles. The van der Waals surface area contributed by atoms with Gasteiger partial charge in [-0.1, -0.05) is 12.8 Å². The van der Waals surface area contributed by atoms with E-state index in [4.69, 9.17) is 9.47 Å². The Kier molecular flexibility index (Phi) is 3.33. The van der Waals surface area contributed by atoms with Crippen molar-refractivity contribution < 1.29 is 9.47 Å². The SMILES string of the molecule is CCCC#CC1CCC2(CC1)OC(C)O2. The summed E-state index contributed by atoms with van der Waals surface area (Å²) >= 11 is 0. The normalized spacial score (nSPS) is 39.3. The van der Waals surface area contributed by atoms with Gasteiger partial charge in [0.1, 0.15) is 0 Å². The molecular formula is C13H20O2. The summed E-state index contributed by atoms with van der Waals surface area (Å²) in [6.45, 7) is 4.13. The van der Waals surface area contributed by atoms with Gasteiger partial charge in [-0.3, -0.25) is 0 Å². The van der Waals surface area contributed by atoms with Crippen molar-refractivity contribution in [3.8, 4) is 11.8 Å². The van der Waals surface area contributed by atoms with E-state index >= 15 is 0 Å². The fourth-order valence-electron chi connectivity index (χ4n) is 2.39. The zero-order valence-corrected chi connectivity index (χ0v) is 9.71. The van der Waals surface area contributed by atoms with Crippen molar-refractivity contribution >= 4 is 0 Å². The van der Waals surface area contributed by atoms with Crippen LogP contribution in [0.2, 0.25) is 0 Å². The molecule has 1 saturated carbocycles. The molecule has 0 amide bonds. The van der Waals surface area contributed by atoms with Crippen LogP contribution in [0.25, 0.3) is 0 Å². The topological polar surface area (TPSA) is 18.5 Å². The first-order chi connectivity index (χ1) is 7.24. The van der Waals surface area contributed by atoms with E-state index in [1.54, 1.807) is 0 Å². The minimum atomic E-state index is -0.220. The Hall–Kier alpha value is -0.520. The van der Waals surface area contributed by atoms with Crippen LogP contribution in [0, 0.1) is 17.8 Å². The molecule has 2 fully saturated rings. The Morgan fingerprint density at radius 2 is 1.93 bits per heavy atom. The van der Waals surface area contributed by atoms with Gasteiger partial charge in [0, 0.05) is 25.2 Å². The molecule has 0 bridgehead atoms. The van der Waals surface area contributed by atoms with E-state index in [0.29, 0.717) is 5.92 Å². The number of hydrogen-bond acceptors (Lipinski definition) is 2. The van der Waals surface area contributed by atoms with Crippen LogP contribution in [-0.2, 0) is 9.47 Å². The minimum absolute atomic E-state index is 0.00715. The maximum atomic E-state index is 5.67. The Morgan fingerprint density at radius 3 is 2.47 bits per heavy atom. The lowest BCUT2D eigenvalue weighted by Crippen LogP contribution is -2.54. The van der Waals surface area contributed by atoms with Gasteiger partial charge >= 0.3 is 0 Å². The summed E-state index contributed by atoms with van der Waals surface area (Å²) in [5.41, 5.74) is 0. The second-order valence-electron chi connectivity index (χ2n) is 4.56. The second-order valence-corrected chi connectivity index (χ2v) is 4.56. The first kappa shape index (κ1) is 11.0. The van der Waals surface area contributed by atoms with Crippen LogP contribution >= 0.6 is 0 Å². The average molecular weight is 208 g/mol. The average Bonchev–Trinajstić information content (AvgIpc) is 2.19. The number of unbranched alkanes of at least 4 members (excludes halogenated alkanes) is 1. The zero-order chi connectivity index (χ0) is 10.7. The van der Waals surface area contributed by atoms with Crippen LogP contribution in [0.5, 0.6) is 0 Å². The third-order valence-corrected chi connectivity index (χ3v) is 3.19. The van der Waals surface area contributed by atoms with Crippen molar-refractivity contribution in [2.75, 3.05) is 0 Å². The van der Waals surface area contributed by atoms with Crippen LogP contribution in [0.3, 0.4) is 0 Å². The van der Waals surface area contributed by atoms with E-state index in [1.165, 1.54) is 0 Å². The summed E-state index contributed by atoms with van der Waals surface area (Å²) in [5.74, 6) is 6.96. The molecule has 84 valence electrons. The molecule has 15 heavy (non-hydrogen) atoms. The van der Waals surface area contributed by atoms with Crippen molar-refractivity contribution in [3.05, 3.63) is 0 Å². The molecule has 1 spiro atoms. The fraction of sp³-hybridized carbons (Fsp3) is 0.846. The Labute approximate surface area is 92.3 Å². The van der Waals surface area contributed by atoms with Crippen LogP contribution in [0.1, 0.15) is 52.4 Å². The van der Waals surface area contributed by atoms with Crippen LogP contribution < -0.4 is 0 Å². The first-order valence-corrected chi connectivity index (χ1v) is 6.08. The van der Waals surface area contributed by atoms with Gasteiger partial charge in [0.25, 0.3) is 0 Å². The smallest absolute Gasteiger partial charge is 0.174 e. The van der Waals surface area contributed by atoms with Crippen molar-refractivity contribution in [2.45, 2.75) is 64.4 Å². The number of hydrogen-bond donors (Lipinski definition) is 0. The van der Waals surface area contributed by atoms with Crippen molar-refractivity contribution in [1.82, 2.24) is 0 Å². The third kappa shape index (κ3) is 2.53. The van der Waals surface area contributed by atoms with Gasteiger partial charge in [0.2, 0.25) is 0 Å². The molecule has 1 aliphatic heterocycles. The summed E-state index contributed by atoms with van der Waals surface area (Å²) in [7, 11) is 0. The molecule has 0 radical (unpaired) electrons. The van der Waals surface area contributed by atoms with Gasteiger partial charge in [0.05, 0.1) is 0 Å². The highest BCUT2D eigenvalue weighted by atomic mass is 16.9. The standard InChI is InChI=1S/C13H20O2/c1-3-4-5-6-12-7-9-13(10-8-12)14-11(2)15-13/h11-12H,3-4,7-10H2,1-2H3. The molecule has 2 nitrogen and oxygen atoms in total. The van der Waals surface area contributed by atoms with Crippen molar-refractivity contribution in [1.29, 1.82) is 0 Å². The number of ether oxygens (including phenoxy) is 2. The van der Waals surface area contributed by atoms with E-state index in [9.17, 15) is 0 Å². The molecule has 1 heterocycles. The first-order valence-electron chi connectivity index (χ1n) is 6.08. The van der Waals surface area contributed by atoms with Crippen LogP contribution in [-0.4, -0.2) is 12.1 Å². The number of rotatable bonds is 1. The van der Waals surface area contributed by atoms with Gasteiger partial charge in [-0.05, 0) is 26.2 Å². The van der Waals surface area contributed by atoms with Gasteiger partial charge in [-0.15, -0.1) is 5.92 Å². The highest BCUT2D eigenvalue weighted by Gasteiger charge is 2.46. The van der Waals surface area contributed by atoms with Crippen LogP contribution in [0.15, 0.2) is 0 Å². The summed E-state index contributed by atoms with van der Waals surface area (Å²) < 4.78 is 11.3. The summed E-state index contributed by atoms with van der Waals surface area (Å²) in [6.07, 6.45) is 6.49. The maximum absolute atomic E-state index is 5.67. The molecule has 0 aromatic carbocycles. The molecule has 0 atom stereocenters. The van der Waals surface area contributed by atoms with E-state index in [-0.39, 0.29) is 12.1 Å². The monoisotopic (exact) mass is 208 g/mol. The lowest BCUT2D eigenvalue weighted by molar-refractivity contribution is -0.453. The zero-order valence-electron chi connectivity index (χ0n) is 9.71. The third-order valence-electron chi connectivity index (χ3n) is 3.19. The highest BCUT2D eigenvalue weighted by Crippen LogP contribution is 2.43. The van der Waals surface area contributed by atoms with E-state index in [0.717, 1.165) is 38.5 Å².